The molecule has 0 aliphatic heterocycles. The average Bonchev–Trinajstić information content (AvgIpc) is 3.10. The number of rotatable bonds is 8. The van der Waals surface area contributed by atoms with Gasteiger partial charge in [0.2, 0.25) is 0 Å². The Morgan fingerprint density at radius 1 is 0.688 bits per heavy atom. The summed E-state index contributed by atoms with van der Waals surface area (Å²) in [6.07, 6.45) is 0. The lowest BCUT2D eigenvalue weighted by Crippen LogP contribution is -2.06. The van der Waals surface area contributed by atoms with E-state index in [0.717, 1.165) is 11.1 Å². The number of hydrogen-bond acceptors (Lipinski definition) is 8. The van der Waals surface area contributed by atoms with Crippen LogP contribution < -0.4 is 9.47 Å². The van der Waals surface area contributed by atoms with E-state index >= 15 is 0 Å². The molecule has 2 aromatic heterocycles. The standard InChI is InChI=1S/2C18H11BrN2O3/c19-14-16(18(22)23)21-15-12(9-20)7-4-8-13(15)17(14)24-10-11-5-2-1-3-6-11;19-13-6-12(9-20)17-14(7-13)16(8-15(21-17)18(22)23)24-10-11-4-2-1-3-5-11/h2*1-8H,10H2,(H,22,23). The molecule has 12 heteroatoms. The Bertz CT molecular complexity index is 2250. The zero-order valence-electron chi connectivity index (χ0n) is 24.7. The van der Waals surface area contributed by atoms with E-state index in [1.165, 1.54) is 6.07 Å². The normalized spacial score (nSPS) is 10.3. The lowest BCUT2D eigenvalue weighted by Gasteiger charge is -2.13. The minimum Gasteiger partial charge on any atom is -0.488 e. The molecule has 6 aromatic rings. The predicted molar refractivity (Wildman–Crippen MR) is 184 cm³/mol. The van der Waals surface area contributed by atoms with E-state index in [0.29, 0.717) is 43.3 Å². The maximum Gasteiger partial charge on any atom is 0.355 e. The first-order valence-corrected chi connectivity index (χ1v) is 15.7. The first kappa shape index (κ1) is 33.5. The summed E-state index contributed by atoms with van der Waals surface area (Å²) in [6.45, 7) is 0.557. The summed E-state index contributed by atoms with van der Waals surface area (Å²) in [5, 5.41) is 38.3. The molecule has 0 amide bonds. The van der Waals surface area contributed by atoms with Crippen LogP contribution in [0.5, 0.6) is 11.5 Å². The Balaban J connectivity index is 0.000000188. The number of fused-ring (bicyclic) bond motifs is 2. The van der Waals surface area contributed by atoms with E-state index in [4.69, 9.17) is 9.47 Å². The Morgan fingerprint density at radius 2 is 1.29 bits per heavy atom. The van der Waals surface area contributed by atoms with Gasteiger partial charge >= 0.3 is 11.9 Å². The van der Waals surface area contributed by atoms with Gasteiger partial charge in [-0.15, -0.1) is 0 Å². The molecule has 0 aliphatic carbocycles. The Labute approximate surface area is 290 Å². The summed E-state index contributed by atoms with van der Waals surface area (Å²) in [7, 11) is 0. The molecule has 48 heavy (non-hydrogen) atoms. The van der Waals surface area contributed by atoms with Crippen LogP contribution in [0.1, 0.15) is 43.2 Å². The number of nitrogens with zero attached hydrogens (tertiary/aromatic N) is 4. The molecule has 6 rings (SSSR count). The largest absolute Gasteiger partial charge is 0.488 e. The van der Waals surface area contributed by atoms with Gasteiger partial charge < -0.3 is 19.7 Å². The van der Waals surface area contributed by atoms with Crippen molar-refractivity contribution < 1.29 is 29.3 Å². The summed E-state index contributed by atoms with van der Waals surface area (Å²) < 4.78 is 12.6. The molecule has 0 radical (unpaired) electrons. The zero-order valence-corrected chi connectivity index (χ0v) is 27.9. The maximum absolute atomic E-state index is 11.5. The summed E-state index contributed by atoms with van der Waals surface area (Å²) in [4.78, 5) is 31.0. The van der Waals surface area contributed by atoms with Crippen molar-refractivity contribution in [2.24, 2.45) is 0 Å². The van der Waals surface area contributed by atoms with E-state index in [2.05, 4.69) is 41.8 Å². The van der Waals surface area contributed by atoms with Gasteiger partial charge in [0.1, 0.15) is 36.9 Å². The minimum atomic E-state index is -1.19. The van der Waals surface area contributed by atoms with Crippen LogP contribution in [-0.2, 0) is 13.2 Å². The van der Waals surface area contributed by atoms with Crippen LogP contribution in [0.2, 0.25) is 0 Å². The van der Waals surface area contributed by atoms with Gasteiger partial charge in [-0.2, -0.15) is 10.5 Å². The molecule has 0 saturated heterocycles. The monoisotopic (exact) mass is 764 g/mol. The third-order valence-corrected chi connectivity index (χ3v) is 8.07. The number of aromatic nitrogens is 2. The zero-order chi connectivity index (χ0) is 34.2. The van der Waals surface area contributed by atoms with E-state index in [1.54, 1.807) is 30.3 Å². The van der Waals surface area contributed by atoms with Gasteiger partial charge in [0.05, 0.1) is 26.6 Å². The first-order chi connectivity index (χ1) is 23.2. The molecule has 10 nitrogen and oxygen atoms in total. The van der Waals surface area contributed by atoms with Gasteiger partial charge in [-0.3, -0.25) is 0 Å². The highest BCUT2D eigenvalue weighted by molar-refractivity contribution is 9.10. The number of aromatic carboxylic acids is 2. The third-order valence-electron chi connectivity index (χ3n) is 6.88. The number of carboxylic acids is 2. The maximum atomic E-state index is 11.5. The number of carbonyl (C=O) groups is 2. The molecular formula is C36H22Br2N4O6. The van der Waals surface area contributed by atoms with Gasteiger partial charge in [0.25, 0.3) is 0 Å². The molecular weight excluding hydrogens is 744 g/mol. The van der Waals surface area contributed by atoms with Crippen LogP contribution in [0, 0.1) is 22.7 Å². The minimum absolute atomic E-state index is 0.163. The van der Waals surface area contributed by atoms with Crippen LogP contribution >= 0.6 is 31.9 Å². The summed E-state index contributed by atoms with van der Waals surface area (Å²) >= 11 is 6.62. The van der Waals surface area contributed by atoms with Crippen LogP contribution in [0.4, 0.5) is 0 Å². The van der Waals surface area contributed by atoms with Crippen molar-refractivity contribution >= 4 is 65.6 Å². The fourth-order valence-corrected chi connectivity index (χ4v) is 5.69. The van der Waals surface area contributed by atoms with Crippen molar-refractivity contribution in [1.82, 2.24) is 9.97 Å². The van der Waals surface area contributed by atoms with Gasteiger partial charge in [0.15, 0.2) is 11.4 Å². The Hall–Kier alpha value is -5.82. The van der Waals surface area contributed by atoms with Gasteiger partial charge in [-0.25, -0.2) is 19.6 Å². The van der Waals surface area contributed by atoms with Crippen LogP contribution in [-0.4, -0.2) is 32.1 Å². The lowest BCUT2D eigenvalue weighted by atomic mass is 10.1. The molecule has 2 N–H and O–H groups in total. The Kier molecular flexibility index (Phi) is 10.6. The van der Waals surface area contributed by atoms with E-state index in [1.807, 2.05) is 72.8 Å². The predicted octanol–water partition coefficient (Wildman–Crippen LogP) is 8.29. The molecule has 0 spiro atoms. The lowest BCUT2D eigenvalue weighted by molar-refractivity contribution is 0.0679. The fourth-order valence-electron chi connectivity index (χ4n) is 4.65. The fraction of sp³-hybridized carbons (Fsp3) is 0.0556. The second-order valence-corrected chi connectivity index (χ2v) is 11.8. The second-order valence-electron chi connectivity index (χ2n) is 10.0. The molecule has 4 aromatic carbocycles. The highest BCUT2D eigenvalue weighted by Crippen LogP contribution is 2.37. The summed E-state index contributed by atoms with van der Waals surface area (Å²) in [5.41, 5.74) is 2.75. The smallest absolute Gasteiger partial charge is 0.355 e. The third kappa shape index (κ3) is 7.58. The number of nitriles is 2. The highest BCUT2D eigenvalue weighted by atomic mass is 79.9. The molecule has 0 saturated carbocycles. The van der Waals surface area contributed by atoms with E-state index < -0.39 is 11.9 Å². The molecule has 236 valence electrons. The van der Waals surface area contributed by atoms with Crippen molar-refractivity contribution in [3.63, 3.8) is 0 Å². The van der Waals surface area contributed by atoms with Crippen molar-refractivity contribution in [3.05, 3.63) is 140 Å². The van der Waals surface area contributed by atoms with Gasteiger partial charge in [-0.05, 0) is 51.3 Å². The highest BCUT2D eigenvalue weighted by Gasteiger charge is 2.21. The Morgan fingerprint density at radius 3 is 1.88 bits per heavy atom. The van der Waals surface area contributed by atoms with Gasteiger partial charge in [0, 0.05) is 21.3 Å². The summed E-state index contributed by atoms with van der Waals surface area (Å²) in [5.74, 6) is -1.63. The van der Waals surface area contributed by atoms with Crippen molar-refractivity contribution in [2.75, 3.05) is 0 Å². The number of para-hydroxylation sites is 1. The second kappa shape index (κ2) is 15.2. The van der Waals surface area contributed by atoms with Crippen LogP contribution in [0.3, 0.4) is 0 Å². The first-order valence-electron chi connectivity index (χ1n) is 14.1. The van der Waals surface area contributed by atoms with E-state index in [9.17, 15) is 30.3 Å². The van der Waals surface area contributed by atoms with E-state index in [-0.39, 0.29) is 34.6 Å². The number of benzene rings is 4. The number of pyridine rings is 2. The number of carboxylic acid groups (broad SMARTS) is 2. The molecule has 2 heterocycles. The molecule has 0 aliphatic rings. The van der Waals surface area contributed by atoms with Gasteiger partial charge in [-0.1, -0.05) is 82.7 Å². The van der Waals surface area contributed by atoms with Crippen molar-refractivity contribution in [1.29, 1.82) is 10.5 Å². The van der Waals surface area contributed by atoms with Crippen molar-refractivity contribution in [2.45, 2.75) is 13.2 Å². The quantitative estimate of drug-likeness (QED) is 0.154. The SMILES string of the molecule is N#Cc1cc(Br)cc2c(OCc3ccccc3)cc(C(=O)O)nc12.N#Cc1cccc2c(OCc3ccccc3)c(Br)c(C(=O)O)nc12. The molecule has 0 unspecified atom stereocenters. The van der Waals surface area contributed by atoms with Crippen molar-refractivity contribution in [3.8, 4) is 23.6 Å². The number of hydrogen-bond donors (Lipinski definition) is 2. The van der Waals surface area contributed by atoms with Crippen LogP contribution in [0.15, 0.2) is 106 Å². The topological polar surface area (TPSA) is 166 Å². The molecule has 0 fully saturated rings. The number of halogens is 2. The molecule has 0 atom stereocenters. The molecule has 0 bridgehead atoms. The van der Waals surface area contributed by atoms with Crippen LogP contribution in [0.25, 0.3) is 21.8 Å². The number of ether oxygens (including phenoxy) is 2. The average molecular weight is 766 g/mol. The summed E-state index contributed by atoms with van der Waals surface area (Å²) in [6, 6.07) is 32.9.